The predicted molar refractivity (Wildman–Crippen MR) is 58.9 cm³/mol. The molecule has 2 unspecified atom stereocenters. The van der Waals surface area contributed by atoms with Gasteiger partial charge in [0.05, 0.1) is 6.10 Å². The zero-order valence-electron chi connectivity index (χ0n) is 7.12. The molecular formula is C9H9Br2FO2. The van der Waals surface area contributed by atoms with Crippen molar-refractivity contribution in [2.24, 2.45) is 0 Å². The molecule has 0 spiro atoms. The normalized spacial score (nSPS) is 15.2. The Labute approximate surface area is 98.0 Å². The van der Waals surface area contributed by atoms with Crippen molar-refractivity contribution < 1.29 is 14.6 Å². The first-order chi connectivity index (χ1) is 6.56. The molecule has 1 aromatic carbocycles. The standard InChI is InChI=1S/C9H9Br2FO2/c10-4-8(13)9(14)6-2-1-5(11)3-7(6)12/h1-3,8-9,13-14H,4H2. The van der Waals surface area contributed by atoms with E-state index < -0.39 is 18.0 Å². The Bertz CT molecular complexity index is 320. The van der Waals surface area contributed by atoms with E-state index in [0.717, 1.165) is 0 Å². The van der Waals surface area contributed by atoms with Crippen LogP contribution in [0.5, 0.6) is 0 Å². The monoisotopic (exact) mass is 326 g/mol. The highest BCUT2D eigenvalue weighted by Crippen LogP contribution is 2.23. The van der Waals surface area contributed by atoms with Gasteiger partial charge in [0.2, 0.25) is 0 Å². The van der Waals surface area contributed by atoms with Crippen LogP contribution in [-0.4, -0.2) is 21.6 Å². The summed E-state index contributed by atoms with van der Waals surface area (Å²) in [6.45, 7) is 0. The quantitative estimate of drug-likeness (QED) is 0.837. The van der Waals surface area contributed by atoms with Gasteiger partial charge in [-0.1, -0.05) is 37.9 Å². The lowest BCUT2D eigenvalue weighted by molar-refractivity contribution is 0.0320. The summed E-state index contributed by atoms with van der Waals surface area (Å²) in [5.41, 5.74) is 0.0974. The topological polar surface area (TPSA) is 40.5 Å². The van der Waals surface area contributed by atoms with Gasteiger partial charge in [0.1, 0.15) is 11.9 Å². The fourth-order valence-corrected chi connectivity index (χ4v) is 1.72. The molecule has 2 atom stereocenters. The maximum Gasteiger partial charge on any atom is 0.130 e. The van der Waals surface area contributed by atoms with Crippen molar-refractivity contribution in [1.82, 2.24) is 0 Å². The largest absolute Gasteiger partial charge is 0.389 e. The second-order valence-electron chi connectivity index (χ2n) is 2.83. The molecule has 0 aliphatic carbocycles. The van der Waals surface area contributed by atoms with Crippen LogP contribution in [0.1, 0.15) is 11.7 Å². The second kappa shape index (κ2) is 5.21. The van der Waals surface area contributed by atoms with Crippen molar-refractivity contribution in [3.63, 3.8) is 0 Å². The van der Waals surface area contributed by atoms with Gasteiger partial charge in [-0.3, -0.25) is 0 Å². The first-order valence-electron chi connectivity index (χ1n) is 3.93. The number of hydrogen-bond acceptors (Lipinski definition) is 2. The van der Waals surface area contributed by atoms with Gasteiger partial charge in [-0.05, 0) is 12.1 Å². The molecule has 0 fully saturated rings. The van der Waals surface area contributed by atoms with Crippen LogP contribution in [0.2, 0.25) is 0 Å². The molecule has 14 heavy (non-hydrogen) atoms. The summed E-state index contributed by atoms with van der Waals surface area (Å²) in [7, 11) is 0. The maximum atomic E-state index is 13.3. The van der Waals surface area contributed by atoms with Crippen molar-refractivity contribution in [2.75, 3.05) is 5.33 Å². The van der Waals surface area contributed by atoms with Gasteiger partial charge >= 0.3 is 0 Å². The highest BCUT2D eigenvalue weighted by molar-refractivity contribution is 9.10. The molecule has 0 aromatic heterocycles. The third kappa shape index (κ3) is 2.76. The number of benzene rings is 1. The molecule has 0 saturated heterocycles. The van der Waals surface area contributed by atoms with Crippen LogP contribution in [0.3, 0.4) is 0 Å². The minimum atomic E-state index is -1.21. The first-order valence-corrected chi connectivity index (χ1v) is 5.84. The number of halogens is 3. The van der Waals surface area contributed by atoms with E-state index in [0.29, 0.717) is 4.47 Å². The van der Waals surface area contributed by atoms with Crippen molar-refractivity contribution in [2.45, 2.75) is 12.2 Å². The number of rotatable bonds is 3. The van der Waals surface area contributed by atoms with E-state index in [-0.39, 0.29) is 10.9 Å². The summed E-state index contributed by atoms with van der Waals surface area (Å²) in [6, 6.07) is 4.30. The predicted octanol–water partition coefficient (Wildman–Crippen LogP) is 2.38. The Balaban J connectivity index is 2.95. The summed E-state index contributed by atoms with van der Waals surface area (Å²) in [5.74, 6) is -0.535. The molecule has 0 heterocycles. The van der Waals surface area contributed by atoms with Gasteiger partial charge in [-0.2, -0.15) is 0 Å². The van der Waals surface area contributed by atoms with E-state index in [1.165, 1.54) is 12.1 Å². The van der Waals surface area contributed by atoms with Gasteiger partial charge in [0, 0.05) is 15.4 Å². The molecule has 2 N–H and O–H groups in total. The van der Waals surface area contributed by atoms with Gasteiger partial charge < -0.3 is 10.2 Å². The minimum absolute atomic E-state index is 0.0974. The highest BCUT2D eigenvalue weighted by atomic mass is 79.9. The van der Waals surface area contributed by atoms with Gasteiger partial charge in [-0.15, -0.1) is 0 Å². The molecule has 0 aliphatic heterocycles. The van der Waals surface area contributed by atoms with Gasteiger partial charge in [0.25, 0.3) is 0 Å². The lowest BCUT2D eigenvalue weighted by atomic mass is 10.1. The van der Waals surface area contributed by atoms with Crippen LogP contribution in [-0.2, 0) is 0 Å². The van der Waals surface area contributed by atoms with E-state index in [2.05, 4.69) is 31.9 Å². The molecule has 0 aliphatic rings. The van der Waals surface area contributed by atoms with Crippen LogP contribution < -0.4 is 0 Å². The van der Waals surface area contributed by atoms with Crippen LogP contribution in [0.15, 0.2) is 22.7 Å². The second-order valence-corrected chi connectivity index (χ2v) is 4.40. The molecule has 0 amide bonds. The molecule has 1 aromatic rings. The minimum Gasteiger partial charge on any atom is -0.389 e. The smallest absolute Gasteiger partial charge is 0.130 e. The van der Waals surface area contributed by atoms with Gasteiger partial charge in [0.15, 0.2) is 0 Å². The van der Waals surface area contributed by atoms with Crippen molar-refractivity contribution in [3.05, 3.63) is 34.1 Å². The molecule has 0 radical (unpaired) electrons. The molecule has 2 nitrogen and oxygen atoms in total. The first kappa shape index (κ1) is 12.1. The van der Waals surface area contributed by atoms with Gasteiger partial charge in [-0.25, -0.2) is 4.39 Å². The number of aliphatic hydroxyl groups is 2. The van der Waals surface area contributed by atoms with E-state index in [1.54, 1.807) is 6.07 Å². The Morgan fingerprint density at radius 1 is 1.36 bits per heavy atom. The molecule has 1 rings (SSSR count). The maximum absolute atomic E-state index is 13.3. The lowest BCUT2D eigenvalue weighted by Crippen LogP contribution is -2.20. The van der Waals surface area contributed by atoms with E-state index >= 15 is 0 Å². The average Bonchev–Trinajstić information content (AvgIpc) is 2.15. The molecule has 5 heteroatoms. The van der Waals surface area contributed by atoms with Crippen molar-refractivity contribution in [1.29, 1.82) is 0 Å². The zero-order valence-corrected chi connectivity index (χ0v) is 10.3. The Morgan fingerprint density at radius 3 is 2.50 bits per heavy atom. The number of hydrogen-bond donors (Lipinski definition) is 2. The molecular weight excluding hydrogens is 319 g/mol. The number of aliphatic hydroxyl groups excluding tert-OH is 2. The Kier molecular flexibility index (Phi) is 4.50. The van der Waals surface area contributed by atoms with Crippen LogP contribution in [0.4, 0.5) is 4.39 Å². The van der Waals surface area contributed by atoms with E-state index in [4.69, 9.17) is 0 Å². The van der Waals surface area contributed by atoms with Crippen LogP contribution >= 0.6 is 31.9 Å². The van der Waals surface area contributed by atoms with Crippen LogP contribution in [0.25, 0.3) is 0 Å². The summed E-state index contributed by atoms with van der Waals surface area (Å²) in [4.78, 5) is 0. The fourth-order valence-electron chi connectivity index (χ4n) is 1.03. The lowest BCUT2D eigenvalue weighted by Gasteiger charge is -2.16. The highest BCUT2D eigenvalue weighted by Gasteiger charge is 2.20. The third-order valence-corrected chi connectivity index (χ3v) is 2.96. The SMILES string of the molecule is OC(CBr)C(O)c1ccc(Br)cc1F. The molecule has 0 saturated carbocycles. The fraction of sp³-hybridized carbons (Fsp3) is 0.333. The van der Waals surface area contributed by atoms with Crippen LogP contribution in [0, 0.1) is 5.82 Å². The zero-order chi connectivity index (χ0) is 10.7. The van der Waals surface area contributed by atoms with E-state index in [1.807, 2.05) is 0 Å². The Hall–Kier alpha value is 0.0300. The number of alkyl halides is 1. The molecule has 78 valence electrons. The Morgan fingerprint density at radius 2 is 2.00 bits per heavy atom. The average molecular weight is 328 g/mol. The van der Waals surface area contributed by atoms with Crippen molar-refractivity contribution in [3.8, 4) is 0 Å². The third-order valence-electron chi connectivity index (χ3n) is 1.80. The van der Waals surface area contributed by atoms with E-state index in [9.17, 15) is 14.6 Å². The summed E-state index contributed by atoms with van der Waals surface area (Å²) < 4.78 is 13.9. The summed E-state index contributed by atoms with van der Waals surface area (Å²) in [5, 5.41) is 19.0. The summed E-state index contributed by atoms with van der Waals surface area (Å²) >= 11 is 6.12. The summed E-state index contributed by atoms with van der Waals surface area (Å²) in [6.07, 6.45) is -2.21. The molecule has 0 bridgehead atoms. The van der Waals surface area contributed by atoms with Crippen molar-refractivity contribution >= 4 is 31.9 Å².